The van der Waals surface area contributed by atoms with Crippen LogP contribution in [0.4, 0.5) is 0 Å². The maximum absolute atomic E-state index is 10.4. The molecule has 1 rings (SSSR count). The third kappa shape index (κ3) is 4.13. The van der Waals surface area contributed by atoms with Gasteiger partial charge in [-0.25, -0.2) is 0 Å². The van der Waals surface area contributed by atoms with Crippen LogP contribution in [-0.2, 0) is 11.2 Å². The van der Waals surface area contributed by atoms with E-state index in [-0.39, 0.29) is 28.9 Å². The minimum absolute atomic E-state index is 0. The van der Waals surface area contributed by atoms with Gasteiger partial charge < -0.3 is 32.0 Å². The number of benzene rings is 1. The molecule has 0 aliphatic carbocycles. The number of carboxylic acid groups (broad SMARTS) is 1. The van der Waals surface area contributed by atoms with Crippen LogP contribution in [0.5, 0.6) is 11.5 Å². The molecule has 0 unspecified atom stereocenters. The minimum Gasteiger partial charge on any atom is -0.504 e. The van der Waals surface area contributed by atoms with Crippen LogP contribution in [0.1, 0.15) is 5.56 Å². The molecule has 0 aliphatic rings. The Hall–Kier alpha value is -1.83. The first kappa shape index (κ1) is 16.6. The summed E-state index contributed by atoms with van der Waals surface area (Å²) in [6.45, 7) is 0. The predicted molar refractivity (Wildman–Crippen MR) is 56.3 cm³/mol. The lowest BCUT2D eigenvalue weighted by atomic mass is 10.1. The van der Waals surface area contributed by atoms with Gasteiger partial charge in [-0.05, 0) is 24.1 Å². The summed E-state index contributed by atoms with van der Waals surface area (Å²) in [5.41, 5.74) is 5.86. The van der Waals surface area contributed by atoms with E-state index in [1.165, 1.54) is 18.2 Å². The van der Waals surface area contributed by atoms with Gasteiger partial charge in [0.25, 0.3) is 0 Å². The number of phenols is 2. The molecule has 0 amide bonds. The molecule has 0 saturated carbocycles. The van der Waals surface area contributed by atoms with Crippen molar-refractivity contribution in [2.75, 3.05) is 0 Å². The van der Waals surface area contributed by atoms with Gasteiger partial charge in [0.05, 0.1) is 0 Å². The highest BCUT2D eigenvalue weighted by atomic mass is 16.4. The largest absolute Gasteiger partial charge is 0.504 e. The molecule has 92 valence electrons. The zero-order valence-corrected chi connectivity index (χ0v) is 8.34. The summed E-state index contributed by atoms with van der Waals surface area (Å²) in [6, 6.07) is 3.09. The van der Waals surface area contributed by atoms with Gasteiger partial charge in [0.1, 0.15) is 6.04 Å². The third-order valence-electron chi connectivity index (χ3n) is 1.81. The van der Waals surface area contributed by atoms with Crippen molar-refractivity contribution in [3.05, 3.63) is 23.8 Å². The molecule has 1 aromatic carbocycles. The number of aromatic hydroxyl groups is 2. The molecule has 9 N–H and O–H groups in total. The highest BCUT2D eigenvalue weighted by Crippen LogP contribution is 2.25. The fourth-order valence-corrected chi connectivity index (χ4v) is 1.04. The van der Waals surface area contributed by atoms with Gasteiger partial charge in [-0.3, -0.25) is 4.79 Å². The quantitative estimate of drug-likeness (QED) is 0.460. The van der Waals surface area contributed by atoms with Gasteiger partial charge in [0.2, 0.25) is 0 Å². The van der Waals surface area contributed by atoms with Gasteiger partial charge in [-0.1, -0.05) is 6.07 Å². The summed E-state index contributed by atoms with van der Waals surface area (Å²) in [4.78, 5) is 10.4. The lowest BCUT2D eigenvalue weighted by molar-refractivity contribution is -0.138. The van der Waals surface area contributed by atoms with Crippen LogP contribution in [0.15, 0.2) is 18.2 Å². The number of nitrogens with two attached hydrogens (primary N) is 1. The second-order valence-corrected chi connectivity index (χ2v) is 2.97. The number of aliphatic carboxylic acids is 1. The molecule has 0 bridgehead atoms. The Balaban J connectivity index is 0. The molecule has 0 spiro atoms. The number of carboxylic acids is 1. The van der Waals surface area contributed by atoms with E-state index in [4.69, 9.17) is 21.1 Å². The van der Waals surface area contributed by atoms with Gasteiger partial charge in [-0.2, -0.15) is 0 Å². The van der Waals surface area contributed by atoms with E-state index >= 15 is 0 Å². The van der Waals surface area contributed by atoms with Crippen LogP contribution < -0.4 is 5.73 Å². The van der Waals surface area contributed by atoms with Crippen LogP contribution in [-0.4, -0.2) is 38.3 Å². The van der Waals surface area contributed by atoms with Gasteiger partial charge >= 0.3 is 5.97 Å². The Labute approximate surface area is 91.4 Å². The molecular weight excluding hydrogens is 218 g/mol. The van der Waals surface area contributed by atoms with Crippen molar-refractivity contribution < 1.29 is 31.1 Å². The highest BCUT2D eigenvalue weighted by Gasteiger charge is 2.12. The molecule has 0 fully saturated rings. The first-order chi connectivity index (χ1) is 6.50. The zero-order chi connectivity index (χ0) is 10.7. The second-order valence-electron chi connectivity index (χ2n) is 2.97. The van der Waals surface area contributed by atoms with Crippen molar-refractivity contribution in [1.29, 1.82) is 0 Å². The molecule has 16 heavy (non-hydrogen) atoms. The lowest BCUT2D eigenvalue weighted by Crippen LogP contribution is -2.32. The van der Waals surface area contributed by atoms with E-state index in [2.05, 4.69) is 0 Å². The second kappa shape index (κ2) is 6.62. The fraction of sp³-hybridized carbons (Fsp3) is 0.222. The van der Waals surface area contributed by atoms with Crippen molar-refractivity contribution in [2.24, 2.45) is 5.73 Å². The van der Waals surface area contributed by atoms with Crippen molar-refractivity contribution in [3.63, 3.8) is 0 Å². The summed E-state index contributed by atoms with van der Waals surface area (Å²) < 4.78 is 0. The lowest BCUT2D eigenvalue weighted by Gasteiger charge is -2.06. The topological polar surface area (TPSA) is 167 Å². The van der Waals surface area contributed by atoms with E-state index in [1.807, 2.05) is 0 Å². The summed E-state index contributed by atoms with van der Waals surface area (Å²) in [6.07, 6.45) is 0.114. The van der Waals surface area contributed by atoms with E-state index in [9.17, 15) is 4.79 Å². The van der Waals surface area contributed by atoms with Crippen molar-refractivity contribution in [3.8, 4) is 11.5 Å². The monoisotopic (exact) mass is 233 g/mol. The van der Waals surface area contributed by atoms with E-state index in [0.717, 1.165) is 0 Å². The van der Waals surface area contributed by atoms with Crippen LogP contribution in [0, 0.1) is 0 Å². The summed E-state index contributed by atoms with van der Waals surface area (Å²) >= 11 is 0. The van der Waals surface area contributed by atoms with E-state index in [1.54, 1.807) is 0 Å². The normalized spacial score (nSPS) is 10.8. The van der Waals surface area contributed by atoms with Crippen LogP contribution in [0.25, 0.3) is 0 Å². The van der Waals surface area contributed by atoms with Crippen LogP contribution >= 0.6 is 0 Å². The molecule has 0 radical (unpaired) electrons. The van der Waals surface area contributed by atoms with E-state index < -0.39 is 12.0 Å². The Morgan fingerprint density at radius 3 is 2.25 bits per heavy atom. The maximum atomic E-state index is 10.4. The van der Waals surface area contributed by atoms with Crippen molar-refractivity contribution >= 4 is 5.97 Å². The number of hydrogen-bond donors (Lipinski definition) is 4. The van der Waals surface area contributed by atoms with Gasteiger partial charge in [0.15, 0.2) is 11.5 Å². The van der Waals surface area contributed by atoms with Crippen molar-refractivity contribution in [2.45, 2.75) is 12.5 Å². The van der Waals surface area contributed by atoms with Crippen LogP contribution in [0.3, 0.4) is 0 Å². The average molecular weight is 233 g/mol. The molecule has 0 saturated heterocycles. The molecule has 0 heterocycles. The van der Waals surface area contributed by atoms with Gasteiger partial charge in [-0.15, -0.1) is 0 Å². The fourth-order valence-electron chi connectivity index (χ4n) is 1.04. The minimum atomic E-state index is -1.10. The summed E-state index contributed by atoms with van der Waals surface area (Å²) in [5.74, 6) is -1.62. The number of rotatable bonds is 3. The average Bonchev–Trinajstić information content (AvgIpc) is 2.11. The Morgan fingerprint density at radius 2 is 1.81 bits per heavy atom. The predicted octanol–water partition coefficient (Wildman–Crippen LogP) is -1.60. The molecule has 1 atom stereocenters. The highest BCUT2D eigenvalue weighted by molar-refractivity contribution is 5.73. The Kier molecular flexibility index (Phi) is 6.86. The molecule has 1 aromatic rings. The van der Waals surface area contributed by atoms with Crippen LogP contribution in [0.2, 0.25) is 0 Å². The standard InChI is InChI=1S/C9H11NO4.2H2O/c10-6(9(13)14)3-5-1-2-7(11)8(12)4-5;;/h1-2,4,6,11-12H,3,10H2,(H,13,14);2*1H2/t6-;;/m0../s1. The smallest absolute Gasteiger partial charge is 0.320 e. The summed E-state index contributed by atoms with van der Waals surface area (Å²) in [7, 11) is 0. The first-order valence-corrected chi connectivity index (χ1v) is 4.00. The Bertz CT molecular complexity index is 354. The molecule has 0 aromatic heterocycles. The number of phenolic OH excluding ortho intramolecular Hbond substituents is 2. The third-order valence-corrected chi connectivity index (χ3v) is 1.81. The number of hydrogen-bond acceptors (Lipinski definition) is 4. The molecule has 7 heteroatoms. The van der Waals surface area contributed by atoms with Crippen molar-refractivity contribution in [1.82, 2.24) is 0 Å². The zero-order valence-electron chi connectivity index (χ0n) is 8.34. The number of carbonyl (C=O) groups is 1. The molecule has 7 nitrogen and oxygen atoms in total. The maximum Gasteiger partial charge on any atom is 0.320 e. The first-order valence-electron chi connectivity index (χ1n) is 4.00. The SMILES string of the molecule is N[C@@H](Cc1ccc(O)c(O)c1)C(=O)O.O.O. The Morgan fingerprint density at radius 1 is 1.25 bits per heavy atom. The van der Waals surface area contributed by atoms with Gasteiger partial charge in [0, 0.05) is 0 Å². The van der Waals surface area contributed by atoms with E-state index in [0.29, 0.717) is 5.56 Å². The molecule has 0 aliphatic heterocycles. The summed E-state index contributed by atoms with van der Waals surface area (Å²) in [5, 5.41) is 26.6. The molecular formula is C9H15NO6.